The molecular formula is C15H21N3OS2. The maximum Gasteiger partial charge on any atom is 0.233 e. The van der Waals surface area contributed by atoms with Crippen LogP contribution in [0.15, 0.2) is 5.03 Å². The SMILES string of the molecule is CCCNC(=O)C(C)Sc1nc(C)nc2sc(C)c(C)c12. The van der Waals surface area contributed by atoms with E-state index in [4.69, 9.17) is 0 Å². The fraction of sp³-hybridized carbons (Fsp3) is 0.533. The summed E-state index contributed by atoms with van der Waals surface area (Å²) < 4.78 is 0. The fourth-order valence-corrected chi connectivity index (χ4v) is 4.23. The molecule has 2 aromatic heterocycles. The summed E-state index contributed by atoms with van der Waals surface area (Å²) in [7, 11) is 0. The van der Waals surface area contributed by atoms with Gasteiger partial charge in [0.05, 0.1) is 5.25 Å². The monoisotopic (exact) mass is 323 g/mol. The van der Waals surface area contributed by atoms with Crippen LogP contribution in [0.1, 0.15) is 36.5 Å². The van der Waals surface area contributed by atoms with Crippen LogP contribution >= 0.6 is 23.1 Å². The van der Waals surface area contributed by atoms with Crippen molar-refractivity contribution in [2.45, 2.75) is 51.3 Å². The summed E-state index contributed by atoms with van der Waals surface area (Å²) in [5.41, 5.74) is 1.22. The average Bonchev–Trinajstić information content (AvgIpc) is 2.70. The number of thiophene rings is 1. The lowest BCUT2D eigenvalue weighted by molar-refractivity contribution is -0.120. The molecule has 21 heavy (non-hydrogen) atoms. The number of nitrogens with one attached hydrogen (secondary N) is 1. The minimum atomic E-state index is -0.159. The Morgan fingerprint density at radius 3 is 2.71 bits per heavy atom. The molecule has 0 bridgehead atoms. The van der Waals surface area contributed by atoms with E-state index in [-0.39, 0.29) is 11.2 Å². The van der Waals surface area contributed by atoms with Gasteiger partial charge >= 0.3 is 0 Å². The van der Waals surface area contributed by atoms with Gasteiger partial charge in [-0.3, -0.25) is 4.79 Å². The highest BCUT2D eigenvalue weighted by Crippen LogP contribution is 2.36. The number of hydrogen-bond donors (Lipinski definition) is 1. The van der Waals surface area contributed by atoms with Crippen LogP contribution in [0, 0.1) is 20.8 Å². The van der Waals surface area contributed by atoms with Crippen LogP contribution in [0.4, 0.5) is 0 Å². The zero-order chi connectivity index (χ0) is 15.6. The maximum absolute atomic E-state index is 12.0. The highest BCUT2D eigenvalue weighted by atomic mass is 32.2. The number of aryl methyl sites for hydroxylation is 3. The zero-order valence-corrected chi connectivity index (χ0v) is 14.7. The van der Waals surface area contributed by atoms with E-state index >= 15 is 0 Å². The molecule has 2 rings (SSSR count). The molecule has 6 heteroatoms. The summed E-state index contributed by atoms with van der Waals surface area (Å²) in [5.74, 6) is 0.822. The van der Waals surface area contributed by atoms with Gasteiger partial charge in [0.2, 0.25) is 5.91 Å². The highest BCUT2D eigenvalue weighted by Gasteiger charge is 2.19. The van der Waals surface area contributed by atoms with Gasteiger partial charge in [0, 0.05) is 16.8 Å². The number of hydrogen-bond acceptors (Lipinski definition) is 5. The van der Waals surface area contributed by atoms with Gasteiger partial charge in [-0.1, -0.05) is 18.7 Å². The molecule has 0 aliphatic rings. The second-order valence-corrected chi connectivity index (χ2v) is 7.62. The third-order valence-electron chi connectivity index (χ3n) is 3.31. The molecule has 0 aromatic carbocycles. The first-order chi connectivity index (χ1) is 9.93. The summed E-state index contributed by atoms with van der Waals surface area (Å²) in [4.78, 5) is 23.4. The Morgan fingerprint density at radius 1 is 1.33 bits per heavy atom. The van der Waals surface area contributed by atoms with Crippen molar-refractivity contribution in [1.29, 1.82) is 0 Å². The minimum Gasteiger partial charge on any atom is -0.355 e. The zero-order valence-electron chi connectivity index (χ0n) is 13.1. The van der Waals surface area contributed by atoms with E-state index in [1.165, 1.54) is 22.2 Å². The van der Waals surface area contributed by atoms with E-state index in [2.05, 4.69) is 29.1 Å². The second kappa shape index (κ2) is 6.75. The molecule has 0 aliphatic heterocycles. The normalized spacial score (nSPS) is 12.6. The quantitative estimate of drug-likeness (QED) is 0.674. The molecule has 114 valence electrons. The number of amides is 1. The molecular weight excluding hydrogens is 302 g/mol. The van der Waals surface area contributed by atoms with Gasteiger partial charge in [-0.25, -0.2) is 9.97 Å². The number of carbonyl (C=O) groups is 1. The first kappa shape index (κ1) is 16.2. The minimum absolute atomic E-state index is 0.0656. The Kier molecular flexibility index (Phi) is 5.22. The van der Waals surface area contributed by atoms with Crippen LogP contribution in [-0.4, -0.2) is 27.7 Å². The van der Waals surface area contributed by atoms with E-state index in [0.29, 0.717) is 0 Å². The fourth-order valence-electron chi connectivity index (χ4n) is 2.01. The van der Waals surface area contributed by atoms with Crippen molar-refractivity contribution in [2.75, 3.05) is 6.54 Å². The molecule has 0 saturated carbocycles. The first-order valence-electron chi connectivity index (χ1n) is 7.12. The van der Waals surface area contributed by atoms with Crippen LogP contribution in [0.25, 0.3) is 10.2 Å². The van der Waals surface area contributed by atoms with Crippen molar-refractivity contribution in [3.05, 3.63) is 16.3 Å². The molecule has 2 heterocycles. The molecule has 2 aromatic rings. The van der Waals surface area contributed by atoms with Gasteiger partial charge in [0.15, 0.2) is 0 Å². The summed E-state index contributed by atoms with van der Waals surface area (Å²) in [6, 6.07) is 0. The molecule has 1 N–H and O–H groups in total. The summed E-state index contributed by atoms with van der Waals surface area (Å²) in [6.45, 7) is 10.8. The molecule has 1 amide bonds. The number of nitrogens with zero attached hydrogens (tertiary/aromatic N) is 2. The lowest BCUT2D eigenvalue weighted by Gasteiger charge is -2.12. The number of fused-ring (bicyclic) bond motifs is 1. The average molecular weight is 323 g/mol. The van der Waals surface area contributed by atoms with Crippen molar-refractivity contribution in [3.63, 3.8) is 0 Å². The standard InChI is InChI=1S/C15H21N3OS2/c1-6-7-16-13(19)10(4)21-15-12-8(2)9(3)20-14(12)17-11(5)18-15/h10H,6-7H2,1-5H3,(H,16,19). The molecule has 1 unspecified atom stereocenters. The van der Waals surface area contributed by atoms with Crippen molar-refractivity contribution in [3.8, 4) is 0 Å². The van der Waals surface area contributed by atoms with Gasteiger partial charge in [-0.2, -0.15) is 0 Å². The maximum atomic E-state index is 12.0. The first-order valence-corrected chi connectivity index (χ1v) is 8.82. The summed E-state index contributed by atoms with van der Waals surface area (Å²) >= 11 is 3.21. The highest BCUT2D eigenvalue weighted by molar-refractivity contribution is 8.00. The predicted octanol–water partition coefficient (Wildman–Crippen LogP) is 3.62. The Bertz CT molecular complexity index is 666. The van der Waals surface area contributed by atoms with Gasteiger partial charge in [-0.05, 0) is 39.7 Å². The largest absolute Gasteiger partial charge is 0.355 e. The molecule has 0 aliphatic carbocycles. The van der Waals surface area contributed by atoms with Crippen molar-refractivity contribution in [1.82, 2.24) is 15.3 Å². The van der Waals surface area contributed by atoms with Crippen LogP contribution in [0.5, 0.6) is 0 Å². The Labute approximate surface area is 133 Å². The smallest absolute Gasteiger partial charge is 0.233 e. The number of aromatic nitrogens is 2. The van der Waals surface area contributed by atoms with Gasteiger partial charge < -0.3 is 5.32 Å². The third kappa shape index (κ3) is 3.55. The van der Waals surface area contributed by atoms with Gasteiger partial charge in [-0.15, -0.1) is 11.3 Å². The van der Waals surface area contributed by atoms with Crippen LogP contribution < -0.4 is 5.32 Å². The molecule has 0 spiro atoms. The summed E-state index contributed by atoms with van der Waals surface area (Å²) in [5, 5.41) is 4.79. The molecule has 0 saturated heterocycles. The number of thioether (sulfide) groups is 1. The molecule has 4 nitrogen and oxygen atoms in total. The van der Waals surface area contributed by atoms with E-state index in [1.54, 1.807) is 11.3 Å². The van der Waals surface area contributed by atoms with E-state index in [9.17, 15) is 4.79 Å². The Morgan fingerprint density at radius 2 is 2.05 bits per heavy atom. The van der Waals surface area contributed by atoms with Gasteiger partial charge in [0.25, 0.3) is 0 Å². The Balaban J connectivity index is 2.31. The van der Waals surface area contributed by atoms with Crippen molar-refractivity contribution in [2.24, 2.45) is 0 Å². The second-order valence-electron chi connectivity index (χ2n) is 5.09. The summed E-state index contributed by atoms with van der Waals surface area (Å²) in [6.07, 6.45) is 0.947. The lowest BCUT2D eigenvalue weighted by atomic mass is 10.2. The molecule has 0 radical (unpaired) electrons. The van der Waals surface area contributed by atoms with Crippen LogP contribution in [0.3, 0.4) is 0 Å². The van der Waals surface area contributed by atoms with Gasteiger partial charge in [0.1, 0.15) is 15.7 Å². The van der Waals surface area contributed by atoms with Crippen LogP contribution in [0.2, 0.25) is 0 Å². The third-order valence-corrected chi connectivity index (χ3v) is 5.50. The number of rotatable bonds is 5. The molecule has 0 fully saturated rings. The van der Waals surface area contributed by atoms with E-state index < -0.39 is 0 Å². The van der Waals surface area contributed by atoms with E-state index in [1.807, 2.05) is 20.8 Å². The Hall–Kier alpha value is -1.14. The topological polar surface area (TPSA) is 54.9 Å². The number of carbonyl (C=O) groups excluding carboxylic acids is 1. The lowest BCUT2D eigenvalue weighted by Crippen LogP contribution is -2.31. The van der Waals surface area contributed by atoms with Crippen molar-refractivity contribution < 1.29 is 4.79 Å². The van der Waals surface area contributed by atoms with E-state index in [0.717, 1.165) is 34.0 Å². The van der Waals surface area contributed by atoms with Crippen molar-refractivity contribution >= 4 is 39.2 Å². The van der Waals surface area contributed by atoms with Crippen LogP contribution in [-0.2, 0) is 4.79 Å². The predicted molar refractivity (Wildman–Crippen MR) is 90.2 cm³/mol. The molecule has 1 atom stereocenters.